The highest BCUT2D eigenvalue weighted by molar-refractivity contribution is 5.20. The highest BCUT2D eigenvalue weighted by Crippen LogP contribution is 2.00. The Bertz CT molecular complexity index is 281. The molecule has 0 atom stereocenters. The van der Waals surface area contributed by atoms with E-state index in [-0.39, 0.29) is 12.3 Å². The van der Waals surface area contributed by atoms with Crippen LogP contribution in [0.15, 0.2) is 36.6 Å². The van der Waals surface area contributed by atoms with E-state index in [0.717, 1.165) is 0 Å². The monoisotopic (exact) mass is 238 g/mol. The summed E-state index contributed by atoms with van der Waals surface area (Å²) in [5.74, 6) is 0.0324. The molecule has 3 nitrogen and oxygen atoms in total. The third-order valence-corrected chi connectivity index (χ3v) is 1.59. The van der Waals surface area contributed by atoms with Crippen molar-refractivity contribution in [3.8, 4) is 0 Å². The van der Waals surface area contributed by atoms with Gasteiger partial charge in [0, 0.05) is 6.54 Å². The fourth-order valence-electron chi connectivity index (χ4n) is 0.724. The van der Waals surface area contributed by atoms with E-state index in [0.29, 0.717) is 6.54 Å². The summed E-state index contributed by atoms with van der Waals surface area (Å²) in [6, 6.07) is 8.25. The Kier molecular flexibility index (Phi) is 13.5. The molecule has 0 amide bonds. The Morgan fingerprint density at radius 3 is 1.76 bits per heavy atom. The molecule has 0 aliphatic carbocycles. The van der Waals surface area contributed by atoms with Gasteiger partial charge in [0.15, 0.2) is 0 Å². The average Bonchev–Trinajstić information content (AvgIpc) is 2.32. The lowest BCUT2D eigenvalue weighted by Crippen LogP contribution is -1.99. The summed E-state index contributed by atoms with van der Waals surface area (Å²) in [6.45, 7) is 10.2. The zero-order chi connectivity index (χ0) is 13.7. The Balaban J connectivity index is 0. The third kappa shape index (κ3) is 14.7. The van der Waals surface area contributed by atoms with Crippen molar-refractivity contribution in [1.82, 2.24) is 0 Å². The van der Waals surface area contributed by atoms with E-state index < -0.39 is 0 Å². The first kappa shape index (κ1) is 18.1. The van der Waals surface area contributed by atoms with E-state index in [2.05, 4.69) is 51.6 Å². The number of hydrogen-bond donors (Lipinski definition) is 3. The van der Waals surface area contributed by atoms with E-state index in [1.165, 1.54) is 17.5 Å². The summed E-state index contributed by atoms with van der Waals surface area (Å²) in [5.41, 5.74) is 12.7. The predicted molar refractivity (Wildman–Crippen MR) is 75.9 cm³/mol. The summed E-state index contributed by atoms with van der Waals surface area (Å²) in [6.07, 6.45) is 1.25. The van der Waals surface area contributed by atoms with Crippen molar-refractivity contribution in [2.45, 2.75) is 33.7 Å². The molecule has 0 saturated heterocycles. The van der Waals surface area contributed by atoms with Crippen molar-refractivity contribution in [3.05, 3.63) is 47.7 Å². The Morgan fingerprint density at radius 1 is 1.18 bits per heavy atom. The number of aliphatic hydroxyl groups excluding tert-OH is 1. The lowest BCUT2D eigenvalue weighted by Gasteiger charge is -1.94. The van der Waals surface area contributed by atoms with Crippen molar-refractivity contribution >= 4 is 0 Å². The molecule has 17 heavy (non-hydrogen) atoms. The van der Waals surface area contributed by atoms with Gasteiger partial charge in [0.25, 0.3) is 0 Å². The molecule has 0 heterocycles. The second-order valence-electron chi connectivity index (χ2n) is 3.67. The van der Waals surface area contributed by atoms with Crippen molar-refractivity contribution in [3.63, 3.8) is 0 Å². The second-order valence-corrected chi connectivity index (χ2v) is 3.67. The summed E-state index contributed by atoms with van der Waals surface area (Å²) in [4.78, 5) is 0. The number of aliphatic hydroxyl groups is 1. The molecule has 0 saturated carbocycles. The Labute approximate surface area is 105 Å². The minimum absolute atomic E-state index is 0.0324. The van der Waals surface area contributed by atoms with Crippen molar-refractivity contribution in [2.75, 3.05) is 6.54 Å². The van der Waals surface area contributed by atoms with Crippen LogP contribution in [-0.2, 0) is 6.54 Å². The Morgan fingerprint density at radius 2 is 1.53 bits per heavy atom. The highest BCUT2D eigenvalue weighted by atomic mass is 16.3. The summed E-state index contributed by atoms with van der Waals surface area (Å²) >= 11 is 0. The molecular weight excluding hydrogens is 212 g/mol. The van der Waals surface area contributed by atoms with Gasteiger partial charge in [-0.1, -0.05) is 56.7 Å². The van der Waals surface area contributed by atoms with E-state index in [9.17, 15) is 0 Å². The zero-order valence-corrected chi connectivity index (χ0v) is 11.2. The molecule has 1 rings (SSSR count). The first-order valence-electron chi connectivity index (χ1n) is 5.84. The maximum atomic E-state index is 8.04. The van der Waals surface area contributed by atoms with Crippen molar-refractivity contribution in [1.29, 1.82) is 0 Å². The molecule has 98 valence electrons. The topological polar surface area (TPSA) is 72.3 Å². The van der Waals surface area contributed by atoms with Crippen molar-refractivity contribution < 1.29 is 5.11 Å². The van der Waals surface area contributed by atoms with Gasteiger partial charge in [-0.2, -0.15) is 0 Å². The SMILES string of the molecule is C=C(O)CN.CCC.Cc1ccc(CN)cc1. The van der Waals surface area contributed by atoms with Gasteiger partial charge in [-0.3, -0.25) is 0 Å². The summed E-state index contributed by atoms with van der Waals surface area (Å²) < 4.78 is 0. The van der Waals surface area contributed by atoms with E-state index >= 15 is 0 Å². The molecule has 0 fully saturated rings. The maximum absolute atomic E-state index is 8.04. The standard InChI is InChI=1S/C8H11N.C3H7NO.C3H8/c1-7-2-4-8(6-9)5-3-7;1-3(5)2-4;1-3-2/h2-5H,6,9H2,1H3;5H,1-2,4H2;3H2,1-2H3. The Hall–Kier alpha value is -1.32. The quantitative estimate of drug-likeness (QED) is 0.694. The van der Waals surface area contributed by atoms with Gasteiger partial charge in [-0.25, -0.2) is 0 Å². The maximum Gasteiger partial charge on any atom is 0.0986 e. The van der Waals surface area contributed by atoms with Gasteiger partial charge >= 0.3 is 0 Å². The molecular formula is C14H26N2O. The van der Waals surface area contributed by atoms with Crippen LogP contribution in [0.4, 0.5) is 0 Å². The van der Waals surface area contributed by atoms with Crippen LogP contribution >= 0.6 is 0 Å². The normalized spacial score (nSPS) is 8.29. The molecule has 0 spiro atoms. The van der Waals surface area contributed by atoms with E-state index in [1.807, 2.05) is 0 Å². The molecule has 1 aromatic rings. The summed E-state index contributed by atoms with van der Waals surface area (Å²) in [7, 11) is 0. The van der Waals surface area contributed by atoms with Gasteiger partial charge < -0.3 is 16.6 Å². The summed E-state index contributed by atoms with van der Waals surface area (Å²) in [5, 5.41) is 8.04. The second kappa shape index (κ2) is 12.7. The first-order valence-corrected chi connectivity index (χ1v) is 5.84. The molecule has 0 aliphatic rings. The number of nitrogens with two attached hydrogens (primary N) is 2. The smallest absolute Gasteiger partial charge is 0.0986 e. The van der Waals surface area contributed by atoms with E-state index in [1.54, 1.807) is 0 Å². The largest absolute Gasteiger partial charge is 0.512 e. The molecule has 0 bridgehead atoms. The number of benzene rings is 1. The molecule has 0 unspecified atom stereocenters. The highest BCUT2D eigenvalue weighted by Gasteiger charge is 1.85. The van der Waals surface area contributed by atoms with Crippen molar-refractivity contribution in [2.24, 2.45) is 11.5 Å². The lowest BCUT2D eigenvalue weighted by atomic mass is 10.2. The fourth-order valence-corrected chi connectivity index (χ4v) is 0.724. The first-order chi connectivity index (χ1) is 8.01. The van der Waals surface area contributed by atoms with Crippen LogP contribution in [-0.4, -0.2) is 11.7 Å². The number of rotatable bonds is 2. The van der Waals surface area contributed by atoms with Gasteiger partial charge in [-0.05, 0) is 12.5 Å². The average molecular weight is 238 g/mol. The molecule has 0 aliphatic heterocycles. The zero-order valence-electron chi connectivity index (χ0n) is 11.2. The number of aryl methyl sites for hydroxylation is 1. The third-order valence-electron chi connectivity index (χ3n) is 1.59. The van der Waals surface area contributed by atoms with Crippen LogP contribution in [0.2, 0.25) is 0 Å². The van der Waals surface area contributed by atoms with Crippen LogP contribution in [0, 0.1) is 6.92 Å². The number of hydrogen-bond acceptors (Lipinski definition) is 3. The van der Waals surface area contributed by atoms with Gasteiger partial charge in [0.2, 0.25) is 0 Å². The van der Waals surface area contributed by atoms with Gasteiger partial charge in [0.1, 0.15) is 0 Å². The fraction of sp³-hybridized carbons (Fsp3) is 0.429. The van der Waals surface area contributed by atoms with Crippen LogP contribution in [0.3, 0.4) is 0 Å². The molecule has 0 radical (unpaired) electrons. The van der Waals surface area contributed by atoms with Crippen LogP contribution < -0.4 is 11.5 Å². The predicted octanol–water partition coefficient (Wildman–Crippen LogP) is 2.89. The molecule has 0 aromatic heterocycles. The van der Waals surface area contributed by atoms with Gasteiger partial charge in [0.05, 0.1) is 12.3 Å². The van der Waals surface area contributed by atoms with Gasteiger partial charge in [-0.15, -0.1) is 0 Å². The minimum Gasteiger partial charge on any atom is -0.512 e. The molecule has 3 heteroatoms. The molecule has 1 aromatic carbocycles. The van der Waals surface area contributed by atoms with E-state index in [4.69, 9.17) is 16.6 Å². The molecule has 5 N–H and O–H groups in total. The van der Waals surface area contributed by atoms with Crippen LogP contribution in [0.25, 0.3) is 0 Å². The van der Waals surface area contributed by atoms with Crippen LogP contribution in [0.5, 0.6) is 0 Å². The lowest BCUT2D eigenvalue weighted by molar-refractivity contribution is 0.406. The van der Waals surface area contributed by atoms with Crippen LogP contribution in [0.1, 0.15) is 31.4 Å². The minimum atomic E-state index is 0.0324.